The van der Waals surface area contributed by atoms with E-state index in [1.54, 1.807) is 13.2 Å². The fraction of sp³-hybridized carbons (Fsp3) is 0.238. The van der Waals surface area contributed by atoms with E-state index in [4.69, 9.17) is 4.74 Å². The van der Waals surface area contributed by atoms with Gasteiger partial charge in [-0.25, -0.2) is 0 Å². The predicted octanol–water partition coefficient (Wildman–Crippen LogP) is 6.23. The molecule has 0 aromatic carbocycles. The lowest BCUT2D eigenvalue weighted by Gasteiger charge is -2.11. The predicted molar refractivity (Wildman–Crippen MR) is 99.7 cm³/mol. The van der Waals surface area contributed by atoms with E-state index in [2.05, 4.69) is 32.4 Å². The third-order valence-corrected chi connectivity index (χ3v) is 3.07. The molecule has 0 rings (SSSR count). The summed E-state index contributed by atoms with van der Waals surface area (Å²) in [5.41, 5.74) is 5.14. The second-order valence-corrected chi connectivity index (χ2v) is 5.15. The molecule has 1 heteroatoms. The minimum absolute atomic E-state index is 0.739. The van der Waals surface area contributed by atoms with Crippen molar-refractivity contribution in [2.45, 2.75) is 27.2 Å². The molecule has 118 valence electrons. The molecule has 0 radical (unpaired) electrons. The molecule has 0 atom stereocenters. The maximum atomic E-state index is 5.31. The van der Waals surface area contributed by atoms with Crippen molar-refractivity contribution in [3.8, 4) is 0 Å². The molecule has 0 unspecified atom stereocenters. The van der Waals surface area contributed by atoms with Crippen molar-refractivity contribution in [2.75, 3.05) is 7.11 Å². The van der Waals surface area contributed by atoms with Gasteiger partial charge in [0.1, 0.15) is 5.76 Å². The Balaban J connectivity index is 5.60. The van der Waals surface area contributed by atoms with Crippen LogP contribution in [-0.4, -0.2) is 7.11 Å². The highest BCUT2D eigenvalue weighted by molar-refractivity contribution is 5.47. The van der Waals surface area contributed by atoms with Crippen LogP contribution in [0.15, 0.2) is 96.4 Å². The van der Waals surface area contributed by atoms with Gasteiger partial charge in [0.25, 0.3) is 0 Å². The molecule has 0 aliphatic rings. The van der Waals surface area contributed by atoms with Gasteiger partial charge in [-0.3, -0.25) is 0 Å². The molecule has 0 fully saturated rings. The van der Waals surface area contributed by atoms with E-state index in [1.165, 1.54) is 0 Å². The number of methoxy groups -OCH3 is 1. The van der Waals surface area contributed by atoms with Gasteiger partial charge in [-0.15, -0.1) is 0 Å². The van der Waals surface area contributed by atoms with Crippen LogP contribution in [0.3, 0.4) is 0 Å². The van der Waals surface area contributed by atoms with E-state index in [-0.39, 0.29) is 0 Å². The summed E-state index contributed by atoms with van der Waals surface area (Å²) in [5, 5.41) is 0. The first-order valence-electron chi connectivity index (χ1n) is 7.26. The molecular formula is C21H28O. The monoisotopic (exact) mass is 296 g/mol. The van der Waals surface area contributed by atoms with Gasteiger partial charge in [0, 0.05) is 0 Å². The fourth-order valence-electron chi connectivity index (χ4n) is 1.72. The van der Waals surface area contributed by atoms with Crippen LogP contribution in [-0.2, 0) is 4.74 Å². The van der Waals surface area contributed by atoms with Gasteiger partial charge in [0.2, 0.25) is 0 Å². The quantitative estimate of drug-likeness (QED) is 0.362. The number of hydrogen-bond acceptors (Lipinski definition) is 1. The Labute approximate surface area is 136 Å². The molecule has 1 nitrogen and oxygen atoms in total. The molecule has 0 aliphatic carbocycles. The summed E-state index contributed by atoms with van der Waals surface area (Å²) >= 11 is 0. The second-order valence-electron chi connectivity index (χ2n) is 5.15. The van der Waals surface area contributed by atoms with Crippen molar-refractivity contribution in [1.82, 2.24) is 0 Å². The highest BCUT2D eigenvalue weighted by Crippen LogP contribution is 2.23. The molecule has 22 heavy (non-hydrogen) atoms. The average Bonchev–Trinajstić information content (AvgIpc) is 2.47. The highest BCUT2D eigenvalue weighted by atomic mass is 16.5. The van der Waals surface area contributed by atoms with E-state index >= 15 is 0 Å². The van der Waals surface area contributed by atoms with Crippen LogP contribution in [0.2, 0.25) is 0 Å². The summed E-state index contributed by atoms with van der Waals surface area (Å²) in [6, 6.07) is 0. The van der Waals surface area contributed by atoms with Crippen molar-refractivity contribution >= 4 is 0 Å². The molecule has 0 amide bonds. The Morgan fingerprint density at radius 2 is 1.68 bits per heavy atom. The molecule has 0 bridgehead atoms. The maximum Gasteiger partial charge on any atom is 0.115 e. The smallest absolute Gasteiger partial charge is 0.115 e. The fourth-order valence-corrected chi connectivity index (χ4v) is 1.72. The molecule has 0 aliphatic heterocycles. The molecule has 0 aromatic heterocycles. The largest absolute Gasteiger partial charge is 0.497 e. The molecule has 0 saturated heterocycles. The first kappa shape index (κ1) is 19.7. The normalized spacial score (nSPS) is 13.2. The lowest BCUT2D eigenvalue weighted by molar-refractivity contribution is 0.306. The van der Waals surface area contributed by atoms with Crippen LogP contribution >= 0.6 is 0 Å². The van der Waals surface area contributed by atoms with Crippen LogP contribution < -0.4 is 0 Å². The van der Waals surface area contributed by atoms with Gasteiger partial charge in [-0.05, 0) is 50.5 Å². The first-order valence-corrected chi connectivity index (χ1v) is 7.26. The number of allylic oxidation sites excluding steroid dienone is 11. The van der Waals surface area contributed by atoms with Crippen LogP contribution in [0.1, 0.15) is 27.2 Å². The first-order chi connectivity index (χ1) is 10.3. The molecule has 0 spiro atoms. The summed E-state index contributed by atoms with van der Waals surface area (Å²) in [5.74, 6) is 0.806. The number of ether oxygens (including phenoxy) is 1. The van der Waals surface area contributed by atoms with Crippen LogP contribution in [0.5, 0.6) is 0 Å². The van der Waals surface area contributed by atoms with E-state index in [0.29, 0.717) is 0 Å². The van der Waals surface area contributed by atoms with Gasteiger partial charge in [-0.2, -0.15) is 0 Å². The third kappa shape index (κ3) is 7.49. The molecule has 0 aromatic rings. The Bertz CT molecular complexity index is 563. The van der Waals surface area contributed by atoms with Gasteiger partial charge in [-0.1, -0.05) is 67.3 Å². The minimum Gasteiger partial charge on any atom is -0.497 e. The van der Waals surface area contributed by atoms with E-state index in [1.807, 2.05) is 45.1 Å². The zero-order valence-corrected chi connectivity index (χ0v) is 14.4. The van der Waals surface area contributed by atoms with E-state index < -0.39 is 0 Å². The standard InChI is InChI=1S/C21H28O/c1-9-11-12-18(7)13-19(16(3)4)14-20(17(5)6)15-21(10-2)22-8/h9-12,14-15H,1,3,5,7,13H2,2,4,6,8H3/b12-11-,19-14-,20-15-,21-10+. The van der Waals surface area contributed by atoms with Crippen molar-refractivity contribution in [2.24, 2.45) is 0 Å². The van der Waals surface area contributed by atoms with Gasteiger partial charge < -0.3 is 4.74 Å². The topological polar surface area (TPSA) is 9.23 Å². The van der Waals surface area contributed by atoms with E-state index in [0.717, 1.165) is 40.0 Å². The van der Waals surface area contributed by atoms with Crippen molar-refractivity contribution in [3.63, 3.8) is 0 Å². The second kappa shape index (κ2) is 10.4. The highest BCUT2D eigenvalue weighted by Gasteiger charge is 2.04. The minimum atomic E-state index is 0.739. The Morgan fingerprint density at radius 3 is 2.09 bits per heavy atom. The summed E-state index contributed by atoms with van der Waals surface area (Å²) in [7, 11) is 1.66. The lowest BCUT2D eigenvalue weighted by Crippen LogP contribution is -1.92. The van der Waals surface area contributed by atoms with Crippen molar-refractivity contribution in [3.05, 3.63) is 96.4 Å². The Morgan fingerprint density at radius 1 is 1.05 bits per heavy atom. The number of rotatable bonds is 9. The molecule has 0 heterocycles. The number of hydrogen-bond donors (Lipinski definition) is 0. The summed E-state index contributed by atoms with van der Waals surface area (Å²) < 4.78 is 5.31. The zero-order valence-electron chi connectivity index (χ0n) is 14.4. The molecule has 0 saturated carbocycles. The zero-order chi connectivity index (χ0) is 17.1. The third-order valence-electron chi connectivity index (χ3n) is 3.07. The van der Waals surface area contributed by atoms with Gasteiger partial charge >= 0.3 is 0 Å². The molecular weight excluding hydrogens is 268 g/mol. The van der Waals surface area contributed by atoms with Crippen LogP contribution in [0, 0.1) is 0 Å². The average molecular weight is 296 g/mol. The molecule has 0 N–H and O–H groups in total. The summed E-state index contributed by atoms with van der Waals surface area (Å²) in [4.78, 5) is 0. The Hall–Kier alpha value is -2.28. The SMILES string of the molecule is C=C/C=C\C(=C)C/C(=C/C(=C/C(=C\C)OC)C(=C)C)C(=C)C. The lowest BCUT2D eigenvalue weighted by atomic mass is 9.96. The summed E-state index contributed by atoms with van der Waals surface area (Å²) in [6.45, 7) is 21.8. The van der Waals surface area contributed by atoms with Gasteiger partial charge in [0.15, 0.2) is 0 Å². The van der Waals surface area contributed by atoms with E-state index in [9.17, 15) is 0 Å². The Kier molecular flexibility index (Phi) is 9.36. The van der Waals surface area contributed by atoms with Crippen LogP contribution in [0.25, 0.3) is 0 Å². The van der Waals surface area contributed by atoms with Gasteiger partial charge in [0.05, 0.1) is 7.11 Å². The van der Waals surface area contributed by atoms with Crippen LogP contribution in [0.4, 0.5) is 0 Å². The summed E-state index contributed by atoms with van der Waals surface area (Å²) in [6.07, 6.45) is 12.3. The maximum absolute atomic E-state index is 5.31. The van der Waals surface area contributed by atoms with Crippen molar-refractivity contribution < 1.29 is 4.74 Å². The van der Waals surface area contributed by atoms with Crippen molar-refractivity contribution in [1.29, 1.82) is 0 Å².